The van der Waals surface area contributed by atoms with Crippen LogP contribution in [0, 0.1) is 0 Å². The summed E-state index contributed by atoms with van der Waals surface area (Å²) in [4.78, 5) is 72.0. The van der Waals surface area contributed by atoms with Crippen LogP contribution in [-0.2, 0) is 46.3 Å². The van der Waals surface area contributed by atoms with Crippen molar-refractivity contribution in [1.82, 2.24) is 0 Å². The van der Waals surface area contributed by atoms with Gasteiger partial charge in [0.15, 0.2) is 0 Å². The van der Waals surface area contributed by atoms with E-state index in [-0.39, 0.29) is 23.9 Å². The molecule has 248 valence electrons. The van der Waals surface area contributed by atoms with Gasteiger partial charge in [0.2, 0.25) is 0 Å². The van der Waals surface area contributed by atoms with Crippen molar-refractivity contribution in [1.29, 1.82) is 0 Å². The molecule has 0 saturated carbocycles. The molecule has 0 aliphatic carbocycles. The molecule has 11 nitrogen and oxygen atoms in total. The van der Waals surface area contributed by atoms with E-state index in [1.54, 1.807) is 9.80 Å². The summed E-state index contributed by atoms with van der Waals surface area (Å²) in [6.07, 6.45) is 5.07. The SMILES string of the molecule is C=CCC1(C)Cc2ccccc2N1C(=O)OC(C)(C)C.CC(C)(C)OC(=O)N1c2ccccc2CC1(C)CC=O.O=C=O.O=C=O. The van der Waals surface area contributed by atoms with E-state index in [0.29, 0.717) is 12.8 Å². The lowest BCUT2D eigenvalue weighted by Crippen LogP contribution is -2.50. The predicted molar refractivity (Wildman–Crippen MR) is 170 cm³/mol. The summed E-state index contributed by atoms with van der Waals surface area (Å²) >= 11 is 0. The number of ether oxygens (including phenoxy) is 2. The molecule has 2 aliphatic rings. The summed E-state index contributed by atoms with van der Waals surface area (Å²) in [5.41, 5.74) is 2.14. The van der Waals surface area contributed by atoms with Gasteiger partial charge in [0, 0.05) is 6.42 Å². The Kier molecular flexibility index (Phi) is 14.0. The number of hydrogen-bond acceptors (Lipinski definition) is 9. The number of hydrogen-bond donors (Lipinski definition) is 0. The van der Waals surface area contributed by atoms with E-state index in [1.165, 1.54) is 5.56 Å². The van der Waals surface area contributed by atoms with Crippen LogP contribution < -0.4 is 9.80 Å². The highest BCUT2D eigenvalue weighted by Gasteiger charge is 2.45. The average molecular weight is 637 g/mol. The summed E-state index contributed by atoms with van der Waals surface area (Å²) in [6.45, 7) is 19.0. The zero-order valence-corrected chi connectivity index (χ0v) is 27.9. The van der Waals surface area contributed by atoms with E-state index >= 15 is 0 Å². The average Bonchev–Trinajstić information content (AvgIpc) is 3.38. The van der Waals surface area contributed by atoms with Crippen LogP contribution in [-0.4, -0.2) is 53.1 Å². The molecule has 0 saturated heterocycles. The van der Waals surface area contributed by atoms with Crippen LogP contribution in [0.15, 0.2) is 61.2 Å². The second-order valence-corrected chi connectivity index (χ2v) is 13.3. The Morgan fingerprint density at radius 3 is 1.37 bits per heavy atom. The summed E-state index contributed by atoms with van der Waals surface area (Å²) in [5, 5.41) is 0. The molecule has 2 aliphatic heterocycles. The lowest BCUT2D eigenvalue weighted by Gasteiger charge is -2.36. The molecule has 2 aromatic carbocycles. The highest BCUT2D eigenvalue weighted by Crippen LogP contribution is 2.42. The highest BCUT2D eigenvalue weighted by molar-refractivity contribution is 5.94. The fourth-order valence-corrected chi connectivity index (χ4v) is 5.39. The minimum Gasteiger partial charge on any atom is -0.443 e. The minimum atomic E-state index is -0.559. The molecule has 11 heteroatoms. The lowest BCUT2D eigenvalue weighted by molar-refractivity contribution is -0.193. The normalized spacial score (nSPS) is 19.0. The van der Waals surface area contributed by atoms with Gasteiger partial charge in [-0.25, -0.2) is 9.59 Å². The number of amides is 2. The number of fused-ring (bicyclic) bond motifs is 2. The number of benzene rings is 2. The summed E-state index contributed by atoms with van der Waals surface area (Å²) in [7, 11) is 0. The van der Waals surface area contributed by atoms with E-state index in [1.807, 2.05) is 97.0 Å². The van der Waals surface area contributed by atoms with Crippen LogP contribution in [0.2, 0.25) is 0 Å². The third-order valence-electron chi connectivity index (χ3n) is 6.95. The third kappa shape index (κ3) is 10.6. The molecule has 46 heavy (non-hydrogen) atoms. The van der Waals surface area contributed by atoms with E-state index in [9.17, 15) is 14.4 Å². The Morgan fingerprint density at radius 1 is 0.739 bits per heavy atom. The summed E-state index contributed by atoms with van der Waals surface area (Å²) in [6, 6.07) is 15.7. The van der Waals surface area contributed by atoms with Crippen molar-refractivity contribution in [2.24, 2.45) is 0 Å². The maximum Gasteiger partial charge on any atom is 0.415 e. The van der Waals surface area contributed by atoms with E-state index in [0.717, 1.165) is 36.1 Å². The number of nitrogens with zero attached hydrogens (tertiary/aromatic N) is 2. The molecule has 0 bridgehead atoms. The number of carbonyl (C=O) groups is 3. The first-order chi connectivity index (χ1) is 21.4. The first kappa shape index (κ1) is 39.2. The van der Waals surface area contributed by atoms with Gasteiger partial charge in [-0.2, -0.15) is 19.2 Å². The van der Waals surface area contributed by atoms with Crippen LogP contribution >= 0.6 is 0 Å². The van der Waals surface area contributed by atoms with Gasteiger partial charge in [-0.15, -0.1) is 6.58 Å². The molecule has 0 aromatic heterocycles. The maximum absolute atomic E-state index is 12.6. The molecular weight excluding hydrogens is 592 g/mol. The predicted octanol–water partition coefficient (Wildman–Crippen LogP) is 6.48. The zero-order chi connectivity index (χ0) is 35.3. The molecule has 0 N–H and O–H groups in total. The van der Waals surface area contributed by atoms with Crippen LogP contribution in [0.25, 0.3) is 0 Å². The molecule has 0 radical (unpaired) electrons. The second-order valence-electron chi connectivity index (χ2n) is 13.3. The third-order valence-corrected chi connectivity index (χ3v) is 6.95. The number of para-hydroxylation sites is 2. The number of rotatable bonds is 4. The number of carbonyl (C=O) groups excluding carboxylic acids is 7. The molecule has 2 aromatic rings. The lowest BCUT2D eigenvalue weighted by atomic mass is 9.93. The zero-order valence-electron chi connectivity index (χ0n) is 27.9. The largest absolute Gasteiger partial charge is 0.443 e. The molecule has 2 atom stereocenters. The quantitative estimate of drug-likeness (QED) is 0.272. The van der Waals surface area contributed by atoms with Crippen molar-refractivity contribution in [2.75, 3.05) is 9.80 Å². The van der Waals surface area contributed by atoms with Crippen molar-refractivity contribution in [3.8, 4) is 0 Å². The molecule has 2 amide bonds. The van der Waals surface area contributed by atoms with Crippen molar-refractivity contribution in [3.63, 3.8) is 0 Å². The van der Waals surface area contributed by atoms with Crippen LogP contribution in [0.1, 0.15) is 79.4 Å². The minimum absolute atomic E-state index is 0.250. The van der Waals surface area contributed by atoms with Crippen molar-refractivity contribution in [3.05, 3.63) is 72.3 Å². The van der Waals surface area contributed by atoms with Gasteiger partial charge in [0.05, 0.1) is 22.5 Å². The summed E-state index contributed by atoms with van der Waals surface area (Å²) < 4.78 is 11.1. The molecule has 2 unspecified atom stereocenters. The van der Waals surface area contributed by atoms with E-state index < -0.39 is 22.8 Å². The van der Waals surface area contributed by atoms with Crippen LogP contribution in [0.4, 0.5) is 21.0 Å². The first-order valence-electron chi connectivity index (χ1n) is 14.6. The van der Waals surface area contributed by atoms with Crippen molar-refractivity contribution in [2.45, 2.75) is 103 Å². The van der Waals surface area contributed by atoms with Crippen molar-refractivity contribution >= 4 is 42.2 Å². The Labute approximate surface area is 270 Å². The van der Waals surface area contributed by atoms with Gasteiger partial charge in [-0.1, -0.05) is 42.5 Å². The Morgan fingerprint density at radius 2 is 1.07 bits per heavy atom. The van der Waals surface area contributed by atoms with Crippen LogP contribution in [0.3, 0.4) is 0 Å². The highest BCUT2D eigenvalue weighted by atomic mass is 16.6. The Bertz CT molecular complexity index is 1330. The smallest absolute Gasteiger partial charge is 0.415 e. The van der Waals surface area contributed by atoms with Crippen molar-refractivity contribution < 1.29 is 43.0 Å². The summed E-state index contributed by atoms with van der Waals surface area (Å²) in [5.74, 6) is 0. The second kappa shape index (κ2) is 16.5. The number of aldehydes is 1. The Hall–Kier alpha value is -4.85. The van der Waals surface area contributed by atoms with E-state index in [4.69, 9.17) is 28.7 Å². The molecule has 0 spiro atoms. The van der Waals surface area contributed by atoms with Crippen LogP contribution in [0.5, 0.6) is 0 Å². The Balaban J connectivity index is 0.000000393. The molecule has 2 heterocycles. The molecular formula is C35H44N2O9. The fourth-order valence-electron chi connectivity index (χ4n) is 5.39. The molecule has 0 fully saturated rings. The van der Waals surface area contributed by atoms with Gasteiger partial charge >= 0.3 is 24.5 Å². The maximum atomic E-state index is 12.6. The topological polar surface area (TPSA) is 144 Å². The first-order valence-corrected chi connectivity index (χ1v) is 14.6. The van der Waals surface area contributed by atoms with Gasteiger partial charge in [-0.3, -0.25) is 9.80 Å². The van der Waals surface area contributed by atoms with Gasteiger partial charge in [0.25, 0.3) is 0 Å². The molecule has 4 rings (SSSR count). The standard InChI is InChI=1S/C17H23NO2.C16H21NO3.2CO2/c1-6-11-17(5)12-13-9-7-8-10-14(13)18(17)15(19)20-16(2,3)4;1-15(2,3)20-14(19)17-13-8-6-5-7-12(13)11-16(17,4)9-10-18;2*2-1-3/h6-10H,1,11-12H2,2-5H3;5-8,10H,9,11H2,1-4H3;;. The van der Waals surface area contributed by atoms with Gasteiger partial charge in [-0.05, 0) is 97.9 Å². The van der Waals surface area contributed by atoms with Gasteiger partial charge < -0.3 is 14.3 Å². The van der Waals surface area contributed by atoms with Gasteiger partial charge in [0.1, 0.15) is 17.5 Å². The number of anilines is 2. The van der Waals surface area contributed by atoms with E-state index in [2.05, 4.69) is 19.6 Å². The fraction of sp³-hybridized carbons (Fsp3) is 0.457. The monoisotopic (exact) mass is 636 g/mol.